The number of halogens is 1. The third-order valence-corrected chi connectivity index (χ3v) is 7.07. The average Bonchev–Trinajstić information content (AvgIpc) is 3.42. The van der Waals surface area contributed by atoms with Gasteiger partial charge in [-0.2, -0.15) is 0 Å². The number of nitrogens with two attached hydrogens (primary N) is 1. The van der Waals surface area contributed by atoms with E-state index in [1.54, 1.807) is 17.0 Å². The van der Waals surface area contributed by atoms with Gasteiger partial charge < -0.3 is 30.0 Å². The number of pyridine rings is 1. The maximum absolute atomic E-state index is 11.3. The topological polar surface area (TPSA) is 129 Å². The molecule has 0 radical (unpaired) electrons. The highest BCUT2D eigenvalue weighted by molar-refractivity contribution is 9.10. The van der Waals surface area contributed by atoms with Crippen LogP contribution < -0.4 is 10.5 Å². The minimum Gasteiger partial charge on any atom is -0.488 e. The van der Waals surface area contributed by atoms with E-state index in [9.17, 15) is 10.2 Å². The molecule has 1 aromatic carbocycles. The molecule has 4 heterocycles. The van der Waals surface area contributed by atoms with Crippen molar-refractivity contribution >= 4 is 43.7 Å². The number of hydrogen-bond acceptors (Lipinski definition) is 8. The second-order valence-electron chi connectivity index (χ2n) is 8.31. The Labute approximate surface area is 190 Å². The first-order valence-electron chi connectivity index (χ1n) is 10.3. The minimum atomic E-state index is -1.41. The Morgan fingerprint density at radius 3 is 3.00 bits per heavy atom. The second kappa shape index (κ2) is 7.11. The highest BCUT2D eigenvalue weighted by atomic mass is 79.9. The van der Waals surface area contributed by atoms with E-state index in [1.165, 1.54) is 6.33 Å². The van der Waals surface area contributed by atoms with Crippen molar-refractivity contribution in [3.8, 4) is 5.75 Å². The van der Waals surface area contributed by atoms with Gasteiger partial charge in [0.05, 0.1) is 9.99 Å². The van der Waals surface area contributed by atoms with Crippen LogP contribution in [0.15, 0.2) is 53.5 Å². The molecule has 6 rings (SSSR count). The van der Waals surface area contributed by atoms with Gasteiger partial charge in [0.15, 0.2) is 6.23 Å². The van der Waals surface area contributed by atoms with E-state index in [0.29, 0.717) is 35.6 Å². The first kappa shape index (κ1) is 19.9. The van der Waals surface area contributed by atoms with E-state index in [0.717, 1.165) is 15.2 Å². The molecule has 2 aliphatic rings. The third kappa shape index (κ3) is 2.91. The molecule has 32 heavy (non-hydrogen) atoms. The van der Waals surface area contributed by atoms with Gasteiger partial charge in [0, 0.05) is 29.2 Å². The van der Waals surface area contributed by atoms with Crippen molar-refractivity contribution in [2.24, 2.45) is 0 Å². The number of nitrogen functional groups attached to an aromatic ring is 1. The summed E-state index contributed by atoms with van der Waals surface area (Å²) in [7, 11) is 0. The fourth-order valence-corrected chi connectivity index (χ4v) is 5.14. The zero-order valence-electron chi connectivity index (χ0n) is 16.8. The van der Waals surface area contributed by atoms with Crippen LogP contribution in [0.25, 0.3) is 21.9 Å². The van der Waals surface area contributed by atoms with Crippen molar-refractivity contribution in [2.45, 2.75) is 43.0 Å². The van der Waals surface area contributed by atoms with Crippen LogP contribution in [0.1, 0.15) is 19.1 Å². The number of aliphatic hydroxyl groups is 2. The van der Waals surface area contributed by atoms with Gasteiger partial charge in [0.2, 0.25) is 0 Å². The van der Waals surface area contributed by atoms with Crippen LogP contribution >= 0.6 is 15.9 Å². The molecule has 164 valence electrons. The molecule has 4 aromatic rings. The van der Waals surface area contributed by atoms with Crippen LogP contribution in [-0.2, 0) is 4.74 Å². The van der Waals surface area contributed by atoms with Crippen molar-refractivity contribution in [3.63, 3.8) is 0 Å². The minimum absolute atomic E-state index is 0.361. The number of aliphatic hydroxyl groups excluding tert-OH is 1. The van der Waals surface area contributed by atoms with Crippen molar-refractivity contribution in [2.75, 3.05) is 5.73 Å². The van der Waals surface area contributed by atoms with Crippen LogP contribution in [0.2, 0.25) is 0 Å². The molecule has 1 aliphatic carbocycles. The summed E-state index contributed by atoms with van der Waals surface area (Å²) in [6.45, 7) is 0. The molecule has 5 atom stereocenters. The fourth-order valence-electron chi connectivity index (χ4n) is 4.81. The summed E-state index contributed by atoms with van der Waals surface area (Å²) < 4.78 is 14.9. The lowest BCUT2D eigenvalue weighted by molar-refractivity contribution is -0.0791. The number of nitrogens with zero attached hydrogens (tertiary/aromatic N) is 4. The predicted molar refractivity (Wildman–Crippen MR) is 120 cm³/mol. The quantitative estimate of drug-likeness (QED) is 0.393. The van der Waals surface area contributed by atoms with Gasteiger partial charge in [-0.05, 0) is 53.0 Å². The van der Waals surface area contributed by atoms with Crippen LogP contribution in [-0.4, -0.2) is 53.6 Å². The maximum atomic E-state index is 11.3. The van der Waals surface area contributed by atoms with Crippen molar-refractivity contribution < 1.29 is 19.7 Å². The van der Waals surface area contributed by atoms with Gasteiger partial charge in [-0.1, -0.05) is 0 Å². The molecule has 1 unspecified atom stereocenters. The molecule has 1 aliphatic heterocycles. The Hall–Kier alpha value is -2.79. The van der Waals surface area contributed by atoms with Crippen molar-refractivity contribution in [1.82, 2.24) is 19.5 Å². The van der Waals surface area contributed by atoms with E-state index in [1.807, 2.05) is 30.3 Å². The highest BCUT2D eigenvalue weighted by Crippen LogP contribution is 2.48. The Balaban J connectivity index is 1.29. The first-order chi connectivity index (χ1) is 15.4. The standard InChI is InChI=1S/C22H20BrN5O4/c23-14-7-11-1-2-13(8-15(11)27-19(14)24)31-16-3-5-22(30)17(29)21(32-18(16)22)28-6-4-12-9-25-10-26-20(12)28/h1-2,4,6-10,16-18,21,29-30H,3,5H2,(H2,24,27)/t16-,17?,18+,21+,22-/m0/s1. The largest absolute Gasteiger partial charge is 0.488 e. The number of anilines is 1. The SMILES string of the molecule is Nc1nc2cc(O[C@H]3CC[C@]4(O)C(O)[C@H](n5ccc6cncnc65)O[C@H]34)ccc2cc1Br. The molecule has 4 N–H and O–H groups in total. The van der Waals surface area contributed by atoms with Gasteiger partial charge in [-0.25, -0.2) is 15.0 Å². The Bertz CT molecular complexity index is 1350. The Morgan fingerprint density at radius 2 is 2.12 bits per heavy atom. The lowest BCUT2D eigenvalue weighted by atomic mass is 9.94. The smallest absolute Gasteiger partial charge is 0.164 e. The number of ether oxygens (including phenoxy) is 2. The highest BCUT2D eigenvalue weighted by Gasteiger charge is 2.62. The summed E-state index contributed by atoms with van der Waals surface area (Å²) in [5.41, 5.74) is 5.84. The molecule has 2 fully saturated rings. The van der Waals surface area contributed by atoms with E-state index in [2.05, 4.69) is 30.9 Å². The number of fused-ring (bicyclic) bond motifs is 3. The zero-order chi connectivity index (χ0) is 22.0. The molecule has 1 saturated heterocycles. The number of benzene rings is 1. The van der Waals surface area contributed by atoms with Gasteiger partial charge in [0.25, 0.3) is 0 Å². The molecule has 1 saturated carbocycles. The monoisotopic (exact) mass is 497 g/mol. The summed E-state index contributed by atoms with van der Waals surface area (Å²) in [4.78, 5) is 12.7. The van der Waals surface area contributed by atoms with Crippen LogP contribution in [0, 0.1) is 0 Å². The van der Waals surface area contributed by atoms with E-state index in [-0.39, 0.29) is 0 Å². The average molecular weight is 498 g/mol. The molecular weight excluding hydrogens is 478 g/mol. The number of hydrogen-bond donors (Lipinski definition) is 3. The van der Waals surface area contributed by atoms with Crippen LogP contribution in [0.5, 0.6) is 5.75 Å². The number of rotatable bonds is 3. The van der Waals surface area contributed by atoms with E-state index in [4.69, 9.17) is 15.2 Å². The lowest BCUT2D eigenvalue weighted by Crippen LogP contribution is -2.47. The Morgan fingerprint density at radius 1 is 1.25 bits per heavy atom. The van der Waals surface area contributed by atoms with Crippen LogP contribution in [0.3, 0.4) is 0 Å². The summed E-state index contributed by atoms with van der Waals surface area (Å²) in [6.07, 6.45) is 2.81. The fraction of sp³-hybridized carbons (Fsp3) is 0.318. The van der Waals surface area contributed by atoms with Crippen molar-refractivity contribution in [3.05, 3.63) is 53.5 Å². The summed E-state index contributed by atoms with van der Waals surface area (Å²) >= 11 is 3.39. The maximum Gasteiger partial charge on any atom is 0.164 e. The van der Waals surface area contributed by atoms with Crippen LogP contribution in [0.4, 0.5) is 5.82 Å². The molecule has 0 bridgehead atoms. The normalized spacial score (nSPS) is 29.6. The molecule has 0 amide bonds. The van der Waals surface area contributed by atoms with E-state index < -0.39 is 30.1 Å². The first-order valence-corrected chi connectivity index (χ1v) is 11.1. The molecular formula is C22H20BrN5O4. The predicted octanol–water partition coefficient (Wildman–Crippen LogP) is 2.56. The Kier molecular flexibility index (Phi) is 4.41. The molecule has 0 spiro atoms. The summed E-state index contributed by atoms with van der Waals surface area (Å²) in [5, 5.41) is 24.1. The van der Waals surface area contributed by atoms with Gasteiger partial charge in [-0.15, -0.1) is 0 Å². The molecule has 9 nitrogen and oxygen atoms in total. The van der Waals surface area contributed by atoms with Crippen molar-refractivity contribution in [1.29, 1.82) is 0 Å². The number of aromatic nitrogens is 4. The molecule has 10 heteroatoms. The lowest BCUT2D eigenvalue weighted by Gasteiger charge is -2.26. The van der Waals surface area contributed by atoms with Gasteiger partial charge in [0.1, 0.15) is 47.5 Å². The molecule has 3 aromatic heterocycles. The van der Waals surface area contributed by atoms with Gasteiger partial charge in [-0.3, -0.25) is 0 Å². The summed E-state index contributed by atoms with van der Waals surface area (Å²) in [6, 6.07) is 9.32. The summed E-state index contributed by atoms with van der Waals surface area (Å²) in [5.74, 6) is 0.999. The second-order valence-corrected chi connectivity index (χ2v) is 9.17. The van der Waals surface area contributed by atoms with Gasteiger partial charge >= 0.3 is 0 Å². The van der Waals surface area contributed by atoms with E-state index >= 15 is 0 Å². The zero-order valence-corrected chi connectivity index (χ0v) is 18.4. The third-order valence-electron chi connectivity index (χ3n) is 6.44.